The summed E-state index contributed by atoms with van der Waals surface area (Å²) in [7, 11) is 2.85. The Labute approximate surface area is 145 Å². The molecule has 0 bridgehead atoms. The molecule has 0 aliphatic carbocycles. The van der Waals surface area contributed by atoms with Crippen molar-refractivity contribution in [1.29, 1.82) is 0 Å². The normalized spacial score (nSPS) is 10.0. The van der Waals surface area contributed by atoms with Crippen LogP contribution in [0.3, 0.4) is 0 Å². The van der Waals surface area contributed by atoms with Crippen LogP contribution in [-0.4, -0.2) is 46.2 Å². The van der Waals surface area contributed by atoms with Gasteiger partial charge in [0.05, 0.1) is 25.9 Å². The third-order valence-electron chi connectivity index (χ3n) is 2.93. The lowest BCUT2D eigenvalue weighted by atomic mass is 10.2. The number of hydrogen-bond acceptors (Lipinski definition) is 9. The molecule has 0 atom stereocenters. The number of benzene rings is 1. The van der Waals surface area contributed by atoms with Gasteiger partial charge in [-0.25, -0.2) is 14.5 Å². The second-order valence-electron chi connectivity index (χ2n) is 4.65. The van der Waals surface area contributed by atoms with Crippen LogP contribution in [0.15, 0.2) is 18.2 Å². The Morgan fingerprint density at radius 2 is 1.80 bits per heavy atom. The minimum Gasteiger partial charge on any atom is -0.497 e. The number of unbranched alkanes of at least 4 members (excludes halogenated alkanes) is 1. The summed E-state index contributed by atoms with van der Waals surface area (Å²) in [5.74, 6) is -0.217. The van der Waals surface area contributed by atoms with Gasteiger partial charge in [0.2, 0.25) is 0 Å². The van der Waals surface area contributed by atoms with Gasteiger partial charge < -0.3 is 18.9 Å². The third-order valence-corrected chi connectivity index (χ3v) is 2.93. The van der Waals surface area contributed by atoms with Crippen molar-refractivity contribution in [3.8, 4) is 11.5 Å². The van der Waals surface area contributed by atoms with E-state index in [2.05, 4.69) is 19.6 Å². The number of methoxy groups -OCH3 is 2. The Morgan fingerprint density at radius 3 is 2.48 bits per heavy atom. The van der Waals surface area contributed by atoms with E-state index in [1.807, 2.05) is 6.92 Å². The first-order chi connectivity index (χ1) is 12.1. The maximum Gasteiger partial charge on any atom is 0.543 e. The van der Waals surface area contributed by atoms with Gasteiger partial charge in [0.1, 0.15) is 23.7 Å². The summed E-state index contributed by atoms with van der Waals surface area (Å²) in [4.78, 5) is 31.6. The van der Waals surface area contributed by atoms with Crippen molar-refractivity contribution in [2.75, 3.05) is 34.0 Å². The van der Waals surface area contributed by atoms with Crippen molar-refractivity contribution < 1.29 is 43.3 Å². The van der Waals surface area contributed by atoms with Crippen molar-refractivity contribution in [3.63, 3.8) is 0 Å². The Kier molecular flexibility index (Phi) is 9.79. The van der Waals surface area contributed by atoms with E-state index in [1.54, 1.807) is 0 Å². The van der Waals surface area contributed by atoms with Crippen molar-refractivity contribution in [1.82, 2.24) is 0 Å². The van der Waals surface area contributed by atoms with Gasteiger partial charge in [-0.05, 0) is 18.6 Å². The fraction of sp³-hybridized carbons (Fsp3) is 0.500. The number of ether oxygens (including phenoxy) is 4. The van der Waals surface area contributed by atoms with Gasteiger partial charge in [-0.1, -0.05) is 13.3 Å². The Hall–Kier alpha value is -2.52. The molecule has 0 radical (unpaired) electrons. The van der Waals surface area contributed by atoms with Crippen LogP contribution in [0.5, 0.6) is 11.5 Å². The van der Waals surface area contributed by atoms with Crippen molar-refractivity contribution in [3.05, 3.63) is 23.8 Å². The molecule has 0 aromatic heterocycles. The SMILES string of the molecule is CCCCOCCOC(=O)OOOC(=O)c1ccc(OC)cc1OC. The van der Waals surface area contributed by atoms with Crippen LogP contribution in [0, 0.1) is 0 Å². The third kappa shape index (κ3) is 7.73. The Bertz CT molecular complexity index is 544. The molecule has 0 amide bonds. The van der Waals surface area contributed by atoms with Crippen LogP contribution in [0.25, 0.3) is 0 Å². The van der Waals surface area contributed by atoms with Crippen LogP contribution in [0.1, 0.15) is 30.1 Å². The number of hydrogen-bond donors (Lipinski definition) is 0. The highest BCUT2D eigenvalue weighted by atomic mass is 17.5. The highest BCUT2D eigenvalue weighted by Gasteiger charge is 2.17. The van der Waals surface area contributed by atoms with E-state index in [0.29, 0.717) is 12.4 Å². The van der Waals surface area contributed by atoms with E-state index in [0.717, 1.165) is 12.8 Å². The van der Waals surface area contributed by atoms with Gasteiger partial charge in [0.15, 0.2) is 0 Å². The minimum absolute atomic E-state index is 0.00778. The lowest BCUT2D eigenvalue weighted by molar-refractivity contribution is -0.452. The lowest BCUT2D eigenvalue weighted by Crippen LogP contribution is -2.15. The summed E-state index contributed by atoms with van der Waals surface area (Å²) in [6.45, 7) is 2.86. The fourth-order valence-corrected chi connectivity index (χ4v) is 1.64. The molecule has 0 fully saturated rings. The predicted octanol–water partition coefficient (Wildman–Crippen LogP) is 2.68. The summed E-state index contributed by atoms with van der Waals surface area (Å²) >= 11 is 0. The Balaban J connectivity index is 2.29. The molecule has 9 heteroatoms. The molecule has 0 aliphatic rings. The monoisotopic (exact) mass is 358 g/mol. The molecule has 1 rings (SSSR count). The van der Waals surface area contributed by atoms with E-state index in [9.17, 15) is 9.59 Å². The zero-order valence-corrected chi connectivity index (χ0v) is 14.4. The summed E-state index contributed by atoms with van der Waals surface area (Å²) < 4.78 is 19.9. The maximum atomic E-state index is 11.8. The first-order valence-electron chi connectivity index (χ1n) is 7.64. The molecule has 140 valence electrons. The highest BCUT2D eigenvalue weighted by Crippen LogP contribution is 2.25. The standard InChI is InChI=1S/C16H22O9/c1-4-5-8-21-9-10-22-16(18)24-25-23-15(17)13-7-6-12(19-2)11-14(13)20-3/h6-7,11H,4-5,8-10H2,1-3H3. The molecular weight excluding hydrogens is 336 g/mol. The van der Waals surface area contributed by atoms with Gasteiger partial charge in [-0.2, -0.15) is 0 Å². The van der Waals surface area contributed by atoms with Gasteiger partial charge >= 0.3 is 12.1 Å². The van der Waals surface area contributed by atoms with Crippen molar-refractivity contribution in [2.45, 2.75) is 19.8 Å². The van der Waals surface area contributed by atoms with Crippen LogP contribution < -0.4 is 9.47 Å². The summed E-state index contributed by atoms with van der Waals surface area (Å²) in [5.41, 5.74) is 0.0598. The number of rotatable bonds is 11. The highest BCUT2D eigenvalue weighted by molar-refractivity contribution is 5.92. The first-order valence-corrected chi connectivity index (χ1v) is 7.64. The van der Waals surface area contributed by atoms with Gasteiger partial charge in [0.25, 0.3) is 0 Å². The predicted molar refractivity (Wildman–Crippen MR) is 84.2 cm³/mol. The van der Waals surface area contributed by atoms with Gasteiger partial charge in [-0.15, -0.1) is 0 Å². The van der Waals surface area contributed by atoms with E-state index >= 15 is 0 Å². The Morgan fingerprint density at radius 1 is 1.00 bits per heavy atom. The summed E-state index contributed by atoms with van der Waals surface area (Å²) in [5, 5.41) is 4.11. The van der Waals surface area contributed by atoms with Crippen LogP contribution >= 0.6 is 0 Å². The summed E-state index contributed by atoms with van der Waals surface area (Å²) in [6.07, 6.45) is 0.785. The second-order valence-corrected chi connectivity index (χ2v) is 4.65. The molecule has 0 unspecified atom stereocenters. The van der Waals surface area contributed by atoms with E-state index in [-0.39, 0.29) is 24.5 Å². The molecule has 1 aromatic rings. The average Bonchev–Trinajstić information content (AvgIpc) is 2.63. The van der Waals surface area contributed by atoms with E-state index < -0.39 is 12.1 Å². The number of carbonyl (C=O) groups excluding carboxylic acids is 2. The molecule has 1 aromatic carbocycles. The zero-order valence-electron chi connectivity index (χ0n) is 14.4. The molecule has 25 heavy (non-hydrogen) atoms. The van der Waals surface area contributed by atoms with Gasteiger partial charge in [-0.3, -0.25) is 4.89 Å². The van der Waals surface area contributed by atoms with Crippen LogP contribution in [0.4, 0.5) is 4.79 Å². The molecule has 0 saturated heterocycles. The number of carbonyl (C=O) groups is 2. The fourth-order valence-electron chi connectivity index (χ4n) is 1.64. The molecule has 0 spiro atoms. The lowest BCUT2D eigenvalue weighted by Gasteiger charge is -2.08. The average molecular weight is 358 g/mol. The summed E-state index contributed by atoms with van der Waals surface area (Å²) in [6, 6.07) is 4.44. The molecule has 9 nitrogen and oxygen atoms in total. The molecule has 0 N–H and O–H groups in total. The molecule has 0 aliphatic heterocycles. The molecular formula is C16H22O9. The van der Waals surface area contributed by atoms with E-state index in [1.165, 1.54) is 32.4 Å². The quantitative estimate of drug-likeness (QED) is 0.256. The molecule has 0 saturated carbocycles. The topological polar surface area (TPSA) is 98.8 Å². The van der Waals surface area contributed by atoms with E-state index in [4.69, 9.17) is 14.2 Å². The zero-order chi connectivity index (χ0) is 18.5. The largest absolute Gasteiger partial charge is 0.543 e. The smallest absolute Gasteiger partial charge is 0.497 e. The first kappa shape index (κ1) is 20.5. The van der Waals surface area contributed by atoms with Crippen LogP contribution in [0.2, 0.25) is 0 Å². The van der Waals surface area contributed by atoms with Crippen LogP contribution in [-0.2, 0) is 24.3 Å². The molecule has 0 heterocycles. The maximum absolute atomic E-state index is 11.8. The second kappa shape index (κ2) is 11.9. The van der Waals surface area contributed by atoms with Crippen molar-refractivity contribution in [2.24, 2.45) is 0 Å². The van der Waals surface area contributed by atoms with Gasteiger partial charge in [0, 0.05) is 12.7 Å². The van der Waals surface area contributed by atoms with Crippen molar-refractivity contribution >= 4 is 12.1 Å². The minimum atomic E-state index is -1.16.